The summed E-state index contributed by atoms with van der Waals surface area (Å²) in [6, 6.07) is 10.9. The lowest BCUT2D eigenvalue weighted by Crippen LogP contribution is -2.46. The van der Waals surface area contributed by atoms with Crippen molar-refractivity contribution in [3.05, 3.63) is 59.1 Å². The molecule has 2 aromatic rings. The van der Waals surface area contributed by atoms with Gasteiger partial charge in [-0.3, -0.25) is 9.10 Å². The van der Waals surface area contributed by atoms with Crippen LogP contribution in [0, 0.1) is 5.92 Å². The number of hydrogen-bond donors (Lipinski definition) is 1. The van der Waals surface area contributed by atoms with Gasteiger partial charge in [-0.2, -0.15) is 13.2 Å². The minimum Gasteiger partial charge on any atom is -0.444 e. The Balaban J connectivity index is 1.74. The molecule has 1 N–H and O–H groups in total. The third kappa shape index (κ3) is 9.13. The Labute approximate surface area is 234 Å². The number of rotatable bonds is 8. The zero-order valence-electron chi connectivity index (χ0n) is 22.1. The SMILES string of the molecule is CC(C)(C)OC(=O)NCCC1CCCN(C(=O)CN(c2cc(C(F)(F)F)ccc2Cl)S(=O)c2ccccc2)C1. The van der Waals surface area contributed by atoms with Crippen LogP contribution >= 0.6 is 11.6 Å². The van der Waals surface area contributed by atoms with E-state index in [0.29, 0.717) is 31.0 Å². The summed E-state index contributed by atoms with van der Waals surface area (Å²) in [5.74, 6) is -0.264. The largest absolute Gasteiger partial charge is 0.444 e. The van der Waals surface area contributed by atoms with E-state index in [1.165, 1.54) is 0 Å². The van der Waals surface area contributed by atoms with Crippen LogP contribution in [0.5, 0.6) is 0 Å². The van der Waals surface area contributed by atoms with Gasteiger partial charge in [0.25, 0.3) is 0 Å². The molecule has 2 unspecified atom stereocenters. The lowest BCUT2D eigenvalue weighted by molar-refractivity contribution is -0.137. The van der Waals surface area contributed by atoms with Gasteiger partial charge in [-0.1, -0.05) is 29.8 Å². The Morgan fingerprint density at radius 2 is 1.85 bits per heavy atom. The molecule has 12 heteroatoms. The molecule has 1 aliphatic heterocycles. The summed E-state index contributed by atoms with van der Waals surface area (Å²) in [5, 5.41) is 2.67. The highest BCUT2D eigenvalue weighted by molar-refractivity contribution is 7.86. The number of amides is 2. The number of alkyl halides is 3. The van der Waals surface area contributed by atoms with Crippen LogP contribution in [-0.2, 0) is 26.7 Å². The topological polar surface area (TPSA) is 79.0 Å². The summed E-state index contributed by atoms with van der Waals surface area (Å²) >= 11 is 6.27. The normalized spacial score (nSPS) is 16.9. The predicted molar refractivity (Wildman–Crippen MR) is 145 cm³/mol. The highest BCUT2D eigenvalue weighted by Crippen LogP contribution is 2.36. The number of halogens is 4. The molecule has 1 saturated heterocycles. The van der Waals surface area contributed by atoms with Gasteiger partial charge in [0.2, 0.25) is 5.91 Å². The molecule has 1 fully saturated rings. The number of hydrogen-bond acceptors (Lipinski definition) is 4. The number of benzene rings is 2. The van der Waals surface area contributed by atoms with Crippen LogP contribution in [-0.4, -0.2) is 52.9 Å². The van der Waals surface area contributed by atoms with Gasteiger partial charge in [0.15, 0.2) is 11.0 Å². The first-order valence-corrected chi connectivity index (χ1v) is 14.1. The first-order valence-electron chi connectivity index (χ1n) is 12.6. The molecule has 0 radical (unpaired) electrons. The minimum absolute atomic E-state index is 0.0511. The highest BCUT2D eigenvalue weighted by atomic mass is 35.5. The van der Waals surface area contributed by atoms with E-state index in [2.05, 4.69) is 5.32 Å². The molecular weight excluding hydrogens is 555 g/mol. The van der Waals surface area contributed by atoms with Crippen molar-refractivity contribution < 1.29 is 31.7 Å². The predicted octanol–water partition coefficient (Wildman–Crippen LogP) is 6.04. The lowest BCUT2D eigenvalue weighted by Gasteiger charge is -2.34. The Morgan fingerprint density at radius 1 is 1.15 bits per heavy atom. The van der Waals surface area contributed by atoms with E-state index in [0.717, 1.165) is 35.3 Å². The molecule has 3 rings (SSSR count). The van der Waals surface area contributed by atoms with Gasteiger partial charge in [0.05, 0.1) is 21.2 Å². The van der Waals surface area contributed by atoms with Crippen LogP contribution in [0.25, 0.3) is 0 Å². The van der Waals surface area contributed by atoms with E-state index >= 15 is 0 Å². The molecule has 7 nitrogen and oxygen atoms in total. The second-order valence-electron chi connectivity index (χ2n) is 10.3. The smallest absolute Gasteiger partial charge is 0.416 e. The molecule has 0 bridgehead atoms. The molecule has 0 saturated carbocycles. The average molecular weight is 588 g/mol. The van der Waals surface area contributed by atoms with E-state index in [-0.39, 0.29) is 22.5 Å². The number of alkyl carbamates (subject to hydrolysis) is 1. The zero-order valence-corrected chi connectivity index (χ0v) is 23.7. The molecule has 1 heterocycles. The van der Waals surface area contributed by atoms with Crippen molar-refractivity contribution in [3.63, 3.8) is 0 Å². The molecule has 0 aromatic heterocycles. The Bertz CT molecular complexity index is 1180. The van der Waals surface area contributed by atoms with Crippen LogP contribution in [0.2, 0.25) is 5.02 Å². The molecule has 2 amide bonds. The van der Waals surface area contributed by atoms with Crippen molar-refractivity contribution in [2.24, 2.45) is 5.92 Å². The number of anilines is 1. The summed E-state index contributed by atoms with van der Waals surface area (Å²) in [4.78, 5) is 27.2. The van der Waals surface area contributed by atoms with Gasteiger partial charge in [0, 0.05) is 19.6 Å². The molecule has 2 atom stereocenters. The fourth-order valence-corrected chi connectivity index (χ4v) is 5.69. The zero-order chi connectivity index (χ0) is 28.8. The third-order valence-corrected chi connectivity index (χ3v) is 7.78. The van der Waals surface area contributed by atoms with E-state index < -0.39 is 41.0 Å². The number of nitrogens with zero attached hydrogens (tertiary/aromatic N) is 2. The van der Waals surface area contributed by atoms with Crippen molar-refractivity contribution in [3.8, 4) is 0 Å². The summed E-state index contributed by atoms with van der Waals surface area (Å²) in [6.07, 6.45) is -2.93. The monoisotopic (exact) mass is 587 g/mol. The Kier molecular flexibility index (Phi) is 10.3. The highest BCUT2D eigenvalue weighted by Gasteiger charge is 2.33. The quantitative estimate of drug-likeness (QED) is 0.408. The summed E-state index contributed by atoms with van der Waals surface area (Å²) in [6.45, 7) is 6.17. The number of carbonyl (C=O) groups excluding carboxylic acids is 2. The number of piperidine rings is 1. The number of carbonyl (C=O) groups is 2. The van der Waals surface area contributed by atoms with Gasteiger partial charge in [-0.15, -0.1) is 0 Å². The van der Waals surface area contributed by atoms with Crippen molar-refractivity contribution in [2.45, 2.75) is 56.7 Å². The second kappa shape index (κ2) is 13.0. The first kappa shape index (κ1) is 30.7. The maximum absolute atomic E-state index is 13.5. The Hall–Kier alpha value is -2.79. The van der Waals surface area contributed by atoms with E-state index in [4.69, 9.17) is 16.3 Å². The van der Waals surface area contributed by atoms with Gasteiger partial charge >= 0.3 is 12.3 Å². The average Bonchev–Trinajstić information content (AvgIpc) is 2.86. The molecule has 214 valence electrons. The molecule has 0 spiro atoms. The maximum Gasteiger partial charge on any atom is 0.416 e. The molecule has 0 aliphatic carbocycles. The van der Waals surface area contributed by atoms with Crippen LogP contribution in [0.3, 0.4) is 0 Å². The fraction of sp³-hybridized carbons (Fsp3) is 0.481. The van der Waals surface area contributed by atoms with Crippen molar-refractivity contribution in [2.75, 3.05) is 30.5 Å². The van der Waals surface area contributed by atoms with Gasteiger partial charge in [0.1, 0.15) is 12.1 Å². The molecular formula is C27H33ClF3N3O4S. The first-order chi connectivity index (χ1) is 18.2. The molecule has 39 heavy (non-hydrogen) atoms. The van der Waals surface area contributed by atoms with Crippen molar-refractivity contribution in [1.82, 2.24) is 10.2 Å². The van der Waals surface area contributed by atoms with Crippen LogP contribution in [0.15, 0.2) is 53.4 Å². The van der Waals surface area contributed by atoms with Crippen LogP contribution in [0.4, 0.5) is 23.7 Å². The van der Waals surface area contributed by atoms with Crippen molar-refractivity contribution >= 4 is 40.3 Å². The maximum atomic E-state index is 13.5. The fourth-order valence-electron chi connectivity index (χ4n) is 4.22. The van der Waals surface area contributed by atoms with E-state index in [1.807, 2.05) is 0 Å². The van der Waals surface area contributed by atoms with Gasteiger partial charge < -0.3 is 15.0 Å². The number of nitrogens with one attached hydrogen (secondary N) is 1. The van der Waals surface area contributed by atoms with E-state index in [9.17, 15) is 27.0 Å². The summed E-state index contributed by atoms with van der Waals surface area (Å²) in [5.41, 5.74) is -1.70. The molecule has 2 aromatic carbocycles. The Morgan fingerprint density at radius 3 is 2.49 bits per heavy atom. The number of likely N-dealkylation sites (tertiary alicyclic amines) is 1. The number of ether oxygens (including phenoxy) is 1. The van der Waals surface area contributed by atoms with Gasteiger partial charge in [-0.25, -0.2) is 9.00 Å². The van der Waals surface area contributed by atoms with Crippen molar-refractivity contribution in [1.29, 1.82) is 0 Å². The third-order valence-electron chi connectivity index (χ3n) is 6.06. The standard InChI is InChI=1S/C27H33ClF3N3O4S/c1-26(2,3)38-25(36)32-14-13-19-8-7-15-33(17-19)24(35)18-34(39(37)21-9-5-4-6-10-21)23-16-20(27(29,30)31)11-12-22(23)28/h4-6,9-12,16,19H,7-8,13-15,17-18H2,1-3H3,(H,32,36). The lowest BCUT2D eigenvalue weighted by atomic mass is 9.94. The molecule has 1 aliphatic rings. The summed E-state index contributed by atoms with van der Waals surface area (Å²) < 4.78 is 60.3. The minimum atomic E-state index is -4.64. The summed E-state index contributed by atoms with van der Waals surface area (Å²) in [7, 11) is -2.00. The van der Waals surface area contributed by atoms with Crippen LogP contribution in [0.1, 0.15) is 45.6 Å². The van der Waals surface area contributed by atoms with Crippen LogP contribution < -0.4 is 9.62 Å². The van der Waals surface area contributed by atoms with E-state index in [1.54, 1.807) is 56.0 Å². The second-order valence-corrected chi connectivity index (χ2v) is 12.1. The van der Waals surface area contributed by atoms with Gasteiger partial charge in [-0.05, 0) is 76.3 Å².